The van der Waals surface area contributed by atoms with Gasteiger partial charge in [-0.2, -0.15) is 0 Å². The molecule has 1 fully saturated rings. The van der Waals surface area contributed by atoms with Crippen LogP contribution in [0.5, 0.6) is 0 Å². The maximum atomic E-state index is 12.1. The molecule has 7 heteroatoms. The molecule has 0 amide bonds. The molecule has 22 heavy (non-hydrogen) atoms. The summed E-state index contributed by atoms with van der Waals surface area (Å²) < 4.78 is 29.0. The molecule has 0 aromatic heterocycles. The van der Waals surface area contributed by atoms with Crippen molar-refractivity contribution in [3.05, 3.63) is 23.3 Å². The number of piperidine rings is 1. The number of rotatable bonds is 3. The number of hydrogen-bond donors (Lipinski definition) is 1. The Bertz CT molecular complexity index is 677. The lowest BCUT2D eigenvalue weighted by atomic mass is 10.0. The molecule has 0 atom stereocenters. The highest BCUT2D eigenvalue weighted by atomic mass is 32.2. The fourth-order valence-electron chi connectivity index (χ4n) is 2.69. The first-order valence-corrected chi connectivity index (χ1v) is 9.06. The standard InChI is InChI=1S/C15H22N2O4S/c1-10-8-13(17-6-4-11(16)5-7-17)14(22(3,19)20)9-12(10)15(18)21-2/h8-9,11H,4-7,16H2,1-3H3. The molecule has 1 heterocycles. The number of carbonyl (C=O) groups excluding carboxylic acids is 1. The van der Waals surface area contributed by atoms with Gasteiger partial charge in [0, 0.05) is 25.4 Å². The minimum atomic E-state index is -3.46. The van der Waals surface area contributed by atoms with Crippen LogP contribution in [0.2, 0.25) is 0 Å². The fraction of sp³-hybridized carbons (Fsp3) is 0.533. The van der Waals surface area contributed by atoms with Gasteiger partial charge in [-0.25, -0.2) is 13.2 Å². The zero-order chi connectivity index (χ0) is 16.5. The fourth-order valence-corrected chi connectivity index (χ4v) is 3.59. The Balaban J connectivity index is 2.53. The molecular weight excluding hydrogens is 304 g/mol. The predicted octanol–water partition coefficient (Wildman–Crippen LogP) is 1.11. The van der Waals surface area contributed by atoms with Crippen molar-refractivity contribution in [1.29, 1.82) is 0 Å². The number of sulfone groups is 1. The van der Waals surface area contributed by atoms with E-state index in [1.165, 1.54) is 13.2 Å². The number of methoxy groups -OCH3 is 1. The van der Waals surface area contributed by atoms with Crippen molar-refractivity contribution in [1.82, 2.24) is 0 Å². The molecule has 0 aliphatic carbocycles. The van der Waals surface area contributed by atoms with E-state index in [0.29, 0.717) is 24.3 Å². The van der Waals surface area contributed by atoms with Gasteiger partial charge < -0.3 is 15.4 Å². The third-order valence-corrected chi connectivity index (χ3v) is 5.12. The molecule has 0 unspecified atom stereocenters. The van der Waals surface area contributed by atoms with E-state index in [4.69, 9.17) is 10.5 Å². The molecule has 1 aromatic rings. The van der Waals surface area contributed by atoms with E-state index in [1.54, 1.807) is 13.0 Å². The summed E-state index contributed by atoms with van der Waals surface area (Å²) in [6.45, 7) is 3.19. The second-order valence-electron chi connectivity index (χ2n) is 5.72. The topological polar surface area (TPSA) is 89.7 Å². The lowest BCUT2D eigenvalue weighted by Gasteiger charge is -2.33. The van der Waals surface area contributed by atoms with Gasteiger partial charge in [0.25, 0.3) is 0 Å². The zero-order valence-electron chi connectivity index (χ0n) is 13.1. The molecule has 122 valence electrons. The highest BCUT2D eigenvalue weighted by Crippen LogP contribution is 2.31. The number of anilines is 1. The molecule has 1 saturated heterocycles. The normalized spacial score (nSPS) is 16.6. The maximum absolute atomic E-state index is 12.1. The van der Waals surface area contributed by atoms with Crippen LogP contribution in [-0.4, -0.2) is 46.9 Å². The Morgan fingerprint density at radius 2 is 1.91 bits per heavy atom. The summed E-state index contributed by atoms with van der Waals surface area (Å²) in [5, 5.41) is 0. The van der Waals surface area contributed by atoms with E-state index in [2.05, 4.69) is 0 Å². The summed E-state index contributed by atoms with van der Waals surface area (Å²) in [6.07, 6.45) is 2.79. The maximum Gasteiger partial charge on any atom is 0.338 e. The van der Waals surface area contributed by atoms with E-state index < -0.39 is 15.8 Å². The highest BCUT2D eigenvalue weighted by molar-refractivity contribution is 7.90. The van der Waals surface area contributed by atoms with Gasteiger partial charge in [0.05, 0.1) is 23.3 Å². The van der Waals surface area contributed by atoms with Crippen molar-refractivity contribution < 1.29 is 17.9 Å². The largest absolute Gasteiger partial charge is 0.465 e. The average Bonchev–Trinajstić information content (AvgIpc) is 2.45. The van der Waals surface area contributed by atoms with Crippen LogP contribution in [0.1, 0.15) is 28.8 Å². The summed E-state index contributed by atoms with van der Waals surface area (Å²) >= 11 is 0. The van der Waals surface area contributed by atoms with E-state index in [-0.39, 0.29) is 16.5 Å². The Morgan fingerprint density at radius 1 is 1.32 bits per heavy atom. The van der Waals surface area contributed by atoms with Crippen molar-refractivity contribution in [2.75, 3.05) is 31.4 Å². The van der Waals surface area contributed by atoms with Gasteiger partial charge in [-0.1, -0.05) is 0 Å². The number of aryl methyl sites for hydroxylation is 1. The van der Waals surface area contributed by atoms with Crippen LogP contribution < -0.4 is 10.6 Å². The summed E-state index contributed by atoms with van der Waals surface area (Å²) in [5.41, 5.74) is 7.52. The summed E-state index contributed by atoms with van der Waals surface area (Å²) in [4.78, 5) is 14.0. The third kappa shape index (κ3) is 3.41. The highest BCUT2D eigenvalue weighted by Gasteiger charge is 2.25. The number of ether oxygens (including phenoxy) is 1. The van der Waals surface area contributed by atoms with Crippen molar-refractivity contribution in [3.8, 4) is 0 Å². The zero-order valence-corrected chi connectivity index (χ0v) is 13.9. The van der Waals surface area contributed by atoms with E-state index >= 15 is 0 Å². The SMILES string of the molecule is COC(=O)c1cc(S(C)(=O)=O)c(N2CCC(N)CC2)cc1C. The van der Waals surface area contributed by atoms with E-state index in [0.717, 1.165) is 19.1 Å². The Labute approximate surface area is 131 Å². The van der Waals surface area contributed by atoms with Crippen LogP contribution in [0.25, 0.3) is 0 Å². The number of nitrogens with two attached hydrogens (primary N) is 1. The van der Waals surface area contributed by atoms with Crippen LogP contribution >= 0.6 is 0 Å². The van der Waals surface area contributed by atoms with Crippen LogP contribution in [0.3, 0.4) is 0 Å². The van der Waals surface area contributed by atoms with Crippen LogP contribution in [0.15, 0.2) is 17.0 Å². The van der Waals surface area contributed by atoms with Gasteiger partial charge in [-0.15, -0.1) is 0 Å². The number of benzene rings is 1. The van der Waals surface area contributed by atoms with Crippen LogP contribution in [0, 0.1) is 6.92 Å². The molecule has 0 bridgehead atoms. The predicted molar refractivity (Wildman–Crippen MR) is 85.1 cm³/mol. The minimum Gasteiger partial charge on any atom is -0.465 e. The monoisotopic (exact) mass is 326 g/mol. The number of hydrogen-bond acceptors (Lipinski definition) is 6. The number of nitrogens with zero attached hydrogens (tertiary/aromatic N) is 1. The third-order valence-electron chi connectivity index (χ3n) is 3.99. The van der Waals surface area contributed by atoms with E-state index in [1.807, 2.05) is 4.90 Å². The van der Waals surface area contributed by atoms with Crippen molar-refractivity contribution >= 4 is 21.5 Å². The van der Waals surface area contributed by atoms with Gasteiger partial charge in [0.1, 0.15) is 0 Å². The molecule has 1 aliphatic heterocycles. The van der Waals surface area contributed by atoms with E-state index in [9.17, 15) is 13.2 Å². The van der Waals surface area contributed by atoms with Crippen molar-refractivity contribution in [2.24, 2.45) is 5.73 Å². The first kappa shape index (κ1) is 16.8. The first-order chi connectivity index (χ1) is 10.2. The van der Waals surface area contributed by atoms with Crippen LogP contribution in [-0.2, 0) is 14.6 Å². The molecular formula is C15H22N2O4S. The summed E-state index contributed by atoms with van der Waals surface area (Å²) in [7, 11) is -2.18. The molecule has 0 saturated carbocycles. The van der Waals surface area contributed by atoms with Gasteiger partial charge in [-0.05, 0) is 37.5 Å². The lowest BCUT2D eigenvalue weighted by molar-refractivity contribution is 0.0599. The summed E-state index contributed by atoms with van der Waals surface area (Å²) in [6, 6.07) is 3.33. The minimum absolute atomic E-state index is 0.161. The second-order valence-corrected chi connectivity index (χ2v) is 7.71. The summed E-state index contributed by atoms with van der Waals surface area (Å²) in [5.74, 6) is -0.533. The van der Waals surface area contributed by atoms with Crippen molar-refractivity contribution in [3.63, 3.8) is 0 Å². The molecule has 0 spiro atoms. The van der Waals surface area contributed by atoms with Gasteiger partial charge >= 0.3 is 5.97 Å². The molecule has 2 rings (SSSR count). The van der Waals surface area contributed by atoms with Gasteiger partial charge in [-0.3, -0.25) is 0 Å². The quantitative estimate of drug-likeness (QED) is 0.837. The number of carbonyl (C=O) groups is 1. The molecule has 1 aliphatic rings. The van der Waals surface area contributed by atoms with Gasteiger partial charge in [0.2, 0.25) is 0 Å². The smallest absolute Gasteiger partial charge is 0.338 e. The Morgan fingerprint density at radius 3 is 2.41 bits per heavy atom. The van der Waals surface area contributed by atoms with Crippen molar-refractivity contribution in [2.45, 2.75) is 30.7 Å². The first-order valence-electron chi connectivity index (χ1n) is 7.17. The molecule has 6 nitrogen and oxygen atoms in total. The van der Waals surface area contributed by atoms with Gasteiger partial charge in [0.15, 0.2) is 9.84 Å². The van der Waals surface area contributed by atoms with Crippen LogP contribution in [0.4, 0.5) is 5.69 Å². The lowest BCUT2D eigenvalue weighted by Crippen LogP contribution is -2.40. The second kappa shape index (κ2) is 6.26. The molecule has 2 N–H and O–H groups in total. The molecule has 0 radical (unpaired) electrons. The Hall–Kier alpha value is -1.60. The number of esters is 1. The Kier molecular flexibility index (Phi) is 4.77. The average molecular weight is 326 g/mol. The molecule has 1 aromatic carbocycles.